The second-order valence-electron chi connectivity index (χ2n) is 6.11. The maximum atomic E-state index is 11.7. The minimum absolute atomic E-state index is 0.00422. The van der Waals surface area contributed by atoms with Gasteiger partial charge in [0.2, 0.25) is 5.91 Å². The van der Waals surface area contributed by atoms with Gasteiger partial charge in [0, 0.05) is 13.0 Å². The number of carboxylic acids is 1. The van der Waals surface area contributed by atoms with E-state index in [1.165, 1.54) is 0 Å². The summed E-state index contributed by atoms with van der Waals surface area (Å²) in [5.74, 6) is -0.462. The SMILES string of the molecule is CC(C)C(C)(C)CC(=O)NCCCCC(N)C(=O)O. The number of carbonyl (C=O) groups excluding carboxylic acids is 1. The predicted octanol–water partition coefficient (Wildman–Crippen LogP) is 1.76. The van der Waals surface area contributed by atoms with Crippen LogP contribution < -0.4 is 11.1 Å². The van der Waals surface area contributed by atoms with Gasteiger partial charge in [0.1, 0.15) is 6.04 Å². The largest absolute Gasteiger partial charge is 0.480 e. The highest BCUT2D eigenvalue weighted by atomic mass is 16.4. The van der Waals surface area contributed by atoms with E-state index in [9.17, 15) is 9.59 Å². The van der Waals surface area contributed by atoms with Crippen molar-refractivity contribution in [1.82, 2.24) is 5.32 Å². The number of unbranched alkanes of at least 4 members (excludes halogenated alkanes) is 1. The average molecular weight is 272 g/mol. The van der Waals surface area contributed by atoms with Gasteiger partial charge in [-0.1, -0.05) is 27.7 Å². The van der Waals surface area contributed by atoms with Crippen LogP contribution in [-0.2, 0) is 9.59 Å². The smallest absolute Gasteiger partial charge is 0.320 e. The Morgan fingerprint density at radius 2 is 1.84 bits per heavy atom. The fourth-order valence-electron chi connectivity index (χ4n) is 1.52. The average Bonchev–Trinajstić information content (AvgIpc) is 2.27. The molecule has 0 bridgehead atoms. The zero-order valence-corrected chi connectivity index (χ0v) is 12.5. The van der Waals surface area contributed by atoms with E-state index in [0.717, 1.165) is 6.42 Å². The zero-order valence-electron chi connectivity index (χ0n) is 12.5. The number of hydrogen-bond acceptors (Lipinski definition) is 3. The van der Waals surface area contributed by atoms with Crippen molar-refractivity contribution < 1.29 is 14.7 Å². The van der Waals surface area contributed by atoms with Gasteiger partial charge >= 0.3 is 5.97 Å². The summed E-state index contributed by atoms with van der Waals surface area (Å²) in [5, 5.41) is 11.5. The van der Waals surface area contributed by atoms with Crippen molar-refractivity contribution in [2.45, 2.75) is 59.4 Å². The number of nitrogens with two attached hydrogens (primary N) is 1. The molecule has 0 radical (unpaired) electrons. The number of carboxylic acid groups (broad SMARTS) is 1. The zero-order chi connectivity index (χ0) is 15.1. The molecule has 0 aliphatic rings. The molecule has 0 saturated heterocycles. The summed E-state index contributed by atoms with van der Waals surface area (Å²) < 4.78 is 0. The number of aliphatic carboxylic acids is 1. The van der Waals surface area contributed by atoms with Crippen molar-refractivity contribution >= 4 is 11.9 Å². The van der Waals surface area contributed by atoms with E-state index in [1.807, 2.05) is 0 Å². The van der Waals surface area contributed by atoms with E-state index in [4.69, 9.17) is 10.8 Å². The second-order valence-corrected chi connectivity index (χ2v) is 6.11. The van der Waals surface area contributed by atoms with Crippen molar-refractivity contribution in [2.75, 3.05) is 6.54 Å². The molecular weight excluding hydrogens is 244 g/mol. The van der Waals surface area contributed by atoms with Crippen molar-refractivity contribution in [3.8, 4) is 0 Å². The molecule has 0 saturated carbocycles. The van der Waals surface area contributed by atoms with Crippen LogP contribution in [0.15, 0.2) is 0 Å². The van der Waals surface area contributed by atoms with Gasteiger partial charge in [-0.05, 0) is 30.6 Å². The van der Waals surface area contributed by atoms with Gasteiger partial charge in [-0.2, -0.15) is 0 Å². The van der Waals surface area contributed by atoms with E-state index in [1.54, 1.807) is 0 Å². The van der Waals surface area contributed by atoms with Crippen LogP contribution in [0.2, 0.25) is 0 Å². The lowest BCUT2D eigenvalue weighted by atomic mass is 9.78. The first kappa shape index (κ1) is 17.9. The summed E-state index contributed by atoms with van der Waals surface area (Å²) >= 11 is 0. The third-order valence-electron chi connectivity index (χ3n) is 3.76. The van der Waals surface area contributed by atoms with Crippen LogP contribution in [0.5, 0.6) is 0 Å². The third kappa shape index (κ3) is 7.82. The molecule has 0 aliphatic carbocycles. The maximum Gasteiger partial charge on any atom is 0.320 e. The number of amides is 1. The minimum atomic E-state index is -0.970. The molecule has 1 unspecified atom stereocenters. The lowest BCUT2D eigenvalue weighted by Crippen LogP contribution is -2.32. The molecule has 1 atom stereocenters. The van der Waals surface area contributed by atoms with Gasteiger partial charge in [-0.15, -0.1) is 0 Å². The van der Waals surface area contributed by atoms with Gasteiger partial charge in [-0.3, -0.25) is 9.59 Å². The maximum absolute atomic E-state index is 11.7. The number of nitrogens with one attached hydrogen (secondary N) is 1. The predicted molar refractivity (Wildman–Crippen MR) is 75.7 cm³/mol. The Balaban J connectivity index is 3.73. The molecule has 0 spiro atoms. The van der Waals surface area contributed by atoms with E-state index >= 15 is 0 Å². The van der Waals surface area contributed by atoms with Crippen molar-refractivity contribution in [3.63, 3.8) is 0 Å². The second kappa shape index (κ2) is 8.15. The Morgan fingerprint density at radius 3 is 2.32 bits per heavy atom. The molecule has 0 fully saturated rings. The lowest BCUT2D eigenvalue weighted by molar-refractivity contribution is -0.138. The fourth-order valence-corrected chi connectivity index (χ4v) is 1.52. The summed E-state index contributed by atoms with van der Waals surface area (Å²) in [7, 11) is 0. The molecule has 0 aromatic heterocycles. The van der Waals surface area contributed by atoms with Crippen LogP contribution >= 0.6 is 0 Å². The first-order valence-electron chi connectivity index (χ1n) is 6.92. The molecule has 0 heterocycles. The Hall–Kier alpha value is -1.10. The molecule has 112 valence electrons. The van der Waals surface area contributed by atoms with Crippen LogP contribution in [0, 0.1) is 11.3 Å². The lowest BCUT2D eigenvalue weighted by Gasteiger charge is -2.28. The van der Waals surface area contributed by atoms with Crippen LogP contribution in [0.1, 0.15) is 53.4 Å². The first-order chi connectivity index (χ1) is 8.66. The summed E-state index contributed by atoms with van der Waals surface area (Å²) in [6.07, 6.45) is 2.43. The third-order valence-corrected chi connectivity index (χ3v) is 3.76. The molecule has 5 nitrogen and oxygen atoms in total. The van der Waals surface area contributed by atoms with Crippen LogP contribution in [0.3, 0.4) is 0 Å². The molecule has 0 rings (SSSR count). The Bertz CT molecular complexity index is 301. The topological polar surface area (TPSA) is 92.4 Å². The van der Waals surface area contributed by atoms with Crippen LogP contribution in [0.4, 0.5) is 0 Å². The highest BCUT2D eigenvalue weighted by Gasteiger charge is 2.25. The summed E-state index contributed by atoms with van der Waals surface area (Å²) in [6, 6.07) is -0.796. The molecular formula is C14H28N2O3. The molecule has 19 heavy (non-hydrogen) atoms. The van der Waals surface area contributed by atoms with Crippen LogP contribution in [-0.4, -0.2) is 29.6 Å². The number of carbonyl (C=O) groups is 2. The molecule has 0 aromatic rings. The Morgan fingerprint density at radius 1 is 1.26 bits per heavy atom. The van der Waals surface area contributed by atoms with E-state index < -0.39 is 12.0 Å². The van der Waals surface area contributed by atoms with Crippen molar-refractivity contribution in [3.05, 3.63) is 0 Å². The highest BCUT2D eigenvalue weighted by molar-refractivity contribution is 5.76. The minimum Gasteiger partial charge on any atom is -0.480 e. The quantitative estimate of drug-likeness (QED) is 0.558. The van der Waals surface area contributed by atoms with E-state index in [0.29, 0.717) is 31.7 Å². The molecule has 0 aliphatic heterocycles. The van der Waals surface area contributed by atoms with E-state index in [-0.39, 0.29) is 11.3 Å². The first-order valence-corrected chi connectivity index (χ1v) is 6.92. The summed E-state index contributed by atoms with van der Waals surface area (Å²) in [4.78, 5) is 22.2. The standard InChI is InChI=1S/C14H28N2O3/c1-10(2)14(3,4)9-12(17)16-8-6-5-7-11(15)13(18)19/h10-11H,5-9,15H2,1-4H3,(H,16,17)(H,18,19). The van der Waals surface area contributed by atoms with Gasteiger partial charge in [-0.25, -0.2) is 0 Å². The monoisotopic (exact) mass is 272 g/mol. The number of hydrogen-bond donors (Lipinski definition) is 3. The van der Waals surface area contributed by atoms with E-state index in [2.05, 4.69) is 33.0 Å². The molecule has 4 N–H and O–H groups in total. The summed E-state index contributed by atoms with van der Waals surface area (Å²) in [5.41, 5.74) is 5.38. The van der Waals surface area contributed by atoms with Crippen LogP contribution in [0.25, 0.3) is 0 Å². The molecule has 0 aromatic carbocycles. The number of rotatable bonds is 9. The highest BCUT2D eigenvalue weighted by Crippen LogP contribution is 2.29. The molecule has 1 amide bonds. The van der Waals surface area contributed by atoms with Gasteiger partial charge in [0.05, 0.1) is 0 Å². The van der Waals surface area contributed by atoms with Crippen molar-refractivity contribution in [2.24, 2.45) is 17.1 Å². The van der Waals surface area contributed by atoms with Gasteiger partial charge in [0.15, 0.2) is 0 Å². The fraction of sp³-hybridized carbons (Fsp3) is 0.857. The Labute approximate surface area is 115 Å². The Kier molecular flexibility index (Phi) is 7.68. The molecule has 5 heteroatoms. The summed E-state index contributed by atoms with van der Waals surface area (Å²) in [6.45, 7) is 8.98. The normalized spacial score (nSPS) is 13.4. The van der Waals surface area contributed by atoms with Gasteiger partial charge < -0.3 is 16.2 Å². The van der Waals surface area contributed by atoms with Crippen molar-refractivity contribution in [1.29, 1.82) is 0 Å². The van der Waals surface area contributed by atoms with Gasteiger partial charge in [0.25, 0.3) is 0 Å².